The van der Waals surface area contributed by atoms with Crippen LogP contribution in [0.15, 0.2) is 31.9 Å². The summed E-state index contributed by atoms with van der Waals surface area (Å²) in [5.74, 6) is -0.863. The average molecular weight is 328 g/mol. The molecule has 2 rings (SSSR count). The number of benzene rings is 1. The predicted octanol–water partition coefficient (Wildman–Crippen LogP) is 2.25. The highest BCUT2D eigenvalue weighted by Crippen LogP contribution is 2.29. The van der Waals surface area contributed by atoms with Crippen molar-refractivity contribution in [1.82, 2.24) is 0 Å². The lowest BCUT2D eigenvalue weighted by Crippen LogP contribution is -2.15. The molecule has 0 aliphatic rings. The molecular formula is C11H6BrNO6. The van der Waals surface area contributed by atoms with Crippen LogP contribution in [0.5, 0.6) is 0 Å². The number of carbonyl (C=O) groups is 1. The lowest BCUT2D eigenvalue weighted by Gasteiger charge is -2.02. The van der Waals surface area contributed by atoms with Crippen LogP contribution in [0.4, 0.5) is 5.69 Å². The van der Waals surface area contributed by atoms with Gasteiger partial charge in [-0.25, -0.2) is 9.59 Å². The second kappa shape index (κ2) is 4.81. The topological polar surface area (TPSA) is 99.7 Å². The highest BCUT2D eigenvalue weighted by Gasteiger charge is 2.20. The van der Waals surface area contributed by atoms with E-state index in [9.17, 15) is 19.7 Å². The van der Waals surface area contributed by atoms with Crippen LogP contribution < -0.4 is 5.63 Å². The summed E-state index contributed by atoms with van der Waals surface area (Å²) in [6.07, 6.45) is 0. The molecule has 8 heteroatoms. The average Bonchev–Trinajstić information content (AvgIpc) is 2.36. The first-order valence-corrected chi connectivity index (χ1v) is 5.73. The third-order valence-electron chi connectivity index (χ3n) is 2.38. The fraction of sp³-hybridized carbons (Fsp3) is 0.0909. The minimum absolute atomic E-state index is 0.189. The molecule has 0 aliphatic heterocycles. The van der Waals surface area contributed by atoms with Crippen LogP contribution in [-0.4, -0.2) is 18.0 Å². The molecule has 0 amide bonds. The number of carbonyl (C=O) groups excluding carboxylic acids is 1. The zero-order chi connectivity index (χ0) is 14.2. The number of methoxy groups -OCH3 is 1. The van der Waals surface area contributed by atoms with Crippen molar-refractivity contribution in [3.05, 3.63) is 48.8 Å². The molecule has 0 fully saturated rings. The van der Waals surface area contributed by atoms with Crippen molar-refractivity contribution in [2.45, 2.75) is 0 Å². The van der Waals surface area contributed by atoms with Crippen LogP contribution in [-0.2, 0) is 4.74 Å². The molecule has 0 saturated heterocycles. The Hall–Kier alpha value is -2.22. The van der Waals surface area contributed by atoms with Crippen LogP contribution in [0.25, 0.3) is 11.0 Å². The van der Waals surface area contributed by atoms with Gasteiger partial charge in [0.05, 0.1) is 12.0 Å². The Kier molecular flexibility index (Phi) is 3.34. The third-order valence-corrected chi connectivity index (χ3v) is 2.84. The van der Waals surface area contributed by atoms with Gasteiger partial charge in [-0.05, 0) is 12.1 Å². The zero-order valence-electron chi connectivity index (χ0n) is 9.51. The molecule has 7 nitrogen and oxygen atoms in total. The fourth-order valence-corrected chi connectivity index (χ4v) is 2.03. The molecule has 0 unspecified atom stereocenters. The minimum Gasteiger partial charge on any atom is -0.465 e. The molecule has 0 saturated carbocycles. The number of non-ortho nitro benzene ring substituents is 1. The maximum Gasteiger partial charge on any atom is 0.351 e. The summed E-state index contributed by atoms with van der Waals surface area (Å²) in [7, 11) is 1.12. The summed E-state index contributed by atoms with van der Waals surface area (Å²) < 4.78 is 9.70. The van der Waals surface area contributed by atoms with Gasteiger partial charge in [-0.3, -0.25) is 10.1 Å². The van der Waals surface area contributed by atoms with Crippen molar-refractivity contribution in [3.63, 3.8) is 0 Å². The molecule has 0 N–H and O–H groups in total. The highest BCUT2D eigenvalue weighted by molar-refractivity contribution is 9.10. The van der Waals surface area contributed by atoms with E-state index in [4.69, 9.17) is 4.42 Å². The molecule has 1 aromatic heterocycles. The zero-order valence-corrected chi connectivity index (χ0v) is 11.1. The molecule has 0 aliphatic carbocycles. The van der Waals surface area contributed by atoms with Crippen molar-refractivity contribution >= 4 is 38.6 Å². The number of hydrogen-bond donors (Lipinski definition) is 0. The summed E-state index contributed by atoms with van der Waals surface area (Å²) in [5.41, 5.74) is -1.85. The van der Waals surface area contributed by atoms with Gasteiger partial charge in [-0.1, -0.05) is 15.9 Å². The summed E-state index contributed by atoms with van der Waals surface area (Å²) in [6, 6.07) is 3.91. The first kappa shape index (κ1) is 13.2. The predicted molar refractivity (Wildman–Crippen MR) is 68.2 cm³/mol. The van der Waals surface area contributed by atoms with Crippen molar-refractivity contribution in [2.75, 3.05) is 7.11 Å². The van der Waals surface area contributed by atoms with E-state index < -0.39 is 16.5 Å². The van der Waals surface area contributed by atoms with Crippen molar-refractivity contribution < 1.29 is 18.9 Å². The number of halogens is 1. The van der Waals surface area contributed by atoms with E-state index in [-0.39, 0.29) is 22.2 Å². The van der Waals surface area contributed by atoms with Crippen LogP contribution in [0.1, 0.15) is 10.4 Å². The van der Waals surface area contributed by atoms with Crippen molar-refractivity contribution in [2.24, 2.45) is 0 Å². The number of nitro groups is 1. The second-order valence-corrected chi connectivity index (χ2v) is 4.46. The number of fused-ring (bicyclic) bond motifs is 1. The van der Waals surface area contributed by atoms with Crippen LogP contribution in [0.2, 0.25) is 0 Å². The standard InChI is InChI=1S/C11H6BrNO6/c1-18-10(14)7-3-5-2-6(12)4-8(13(16)17)9(5)19-11(7)15/h2-4H,1H3. The van der Waals surface area contributed by atoms with Gasteiger partial charge in [0.1, 0.15) is 5.56 Å². The number of nitrogens with zero attached hydrogens (tertiary/aromatic N) is 1. The fourth-order valence-electron chi connectivity index (χ4n) is 1.57. The number of ether oxygens (including phenoxy) is 1. The van der Waals surface area contributed by atoms with Gasteiger partial charge in [0, 0.05) is 15.9 Å². The molecule has 98 valence electrons. The molecule has 19 heavy (non-hydrogen) atoms. The molecule has 1 heterocycles. The van der Waals surface area contributed by atoms with Crippen molar-refractivity contribution in [3.8, 4) is 0 Å². The number of rotatable bonds is 2. The van der Waals surface area contributed by atoms with Gasteiger partial charge in [-0.15, -0.1) is 0 Å². The Balaban J connectivity index is 2.85. The van der Waals surface area contributed by atoms with Crippen LogP contribution in [0.3, 0.4) is 0 Å². The highest BCUT2D eigenvalue weighted by atomic mass is 79.9. The largest absolute Gasteiger partial charge is 0.465 e. The summed E-state index contributed by atoms with van der Waals surface area (Å²) in [4.78, 5) is 33.2. The van der Waals surface area contributed by atoms with Gasteiger partial charge in [0.25, 0.3) is 0 Å². The molecule has 2 aromatic rings. The van der Waals surface area contributed by atoms with Gasteiger partial charge >= 0.3 is 17.3 Å². The molecule has 0 atom stereocenters. The Morgan fingerprint density at radius 3 is 2.68 bits per heavy atom. The molecule has 0 bridgehead atoms. The van der Waals surface area contributed by atoms with E-state index in [1.807, 2.05) is 0 Å². The summed E-state index contributed by atoms with van der Waals surface area (Å²) in [5, 5.41) is 11.1. The Bertz CT molecular complexity index is 751. The van der Waals surface area contributed by atoms with E-state index in [0.717, 1.165) is 7.11 Å². The monoisotopic (exact) mass is 327 g/mol. The minimum atomic E-state index is -0.982. The molecule has 1 aromatic carbocycles. The van der Waals surface area contributed by atoms with E-state index in [0.29, 0.717) is 4.47 Å². The second-order valence-electron chi connectivity index (χ2n) is 3.54. The molecule has 0 spiro atoms. The normalized spacial score (nSPS) is 10.4. The summed E-state index contributed by atoms with van der Waals surface area (Å²) >= 11 is 3.11. The van der Waals surface area contributed by atoms with E-state index in [1.54, 1.807) is 0 Å². The van der Waals surface area contributed by atoms with Gasteiger partial charge in [0.15, 0.2) is 0 Å². The Labute approximate surface area is 114 Å². The van der Waals surface area contributed by atoms with Crippen molar-refractivity contribution in [1.29, 1.82) is 0 Å². The lowest BCUT2D eigenvalue weighted by atomic mass is 10.1. The number of hydrogen-bond acceptors (Lipinski definition) is 6. The number of esters is 1. The maximum absolute atomic E-state index is 11.6. The summed E-state index contributed by atoms with van der Waals surface area (Å²) in [6.45, 7) is 0. The van der Waals surface area contributed by atoms with Gasteiger partial charge in [-0.2, -0.15) is 0 Å². The van der Waals surface area contributed by atoms with E-state index >= 15 is 0 Å². The first-order valence-electron chi connectivity index (χ1n) is 4.94. The quantitative estimate of drug-likeness (QED) is 0.363. The Morgan fingerprint density at radius 1 is 1.42 bits per heavy atom. The lowest BCUT2D eigenvalue weighted by molar-refractivity contribution is -0.383. The SMILES string of the molecule is COC(=O)c1cc2cc(Br)cc([N+](=O)[O-])c2oc1=O. The molecular weight excluding hydrogens is 322 g/mol. The van der Waals surface area contributed by atoms with E-state index in [1.165, 1.54) is 18.2 Å². The first-order chi connectivity index (χ1) is 8.93. The smallest absolute Gasteiger partial charge is 0.351 e. The van der Waals surface area contributed by atoms with Crippen LogP contribution >= 0.6 is 15.9 Å². The van der Waals surface area contributed by atoms with Crippen LogP contribution in [0, 0.1) is 10.1 Å². The third kappa shape index (κ3) is 2.34. The van der Waals surface area contributed by atoms with E-state index in [2.05, 4.69) is 20.7 Å². The maximum atomic E-state index is 11.6. The van der Waals surface area contributed by atoms with Gasteiger partial charge in [0.2, 0.25) is 5.58 Å². The van der Waals surface area contributed by atoms with Gasteiger partial charge < -0.3 is 9.15 Å². The Morgan fingerprint density at radius 2 is 2.11 bits per heavy atom. The number of nitro benzene ring substituents is 1. The molecule has 0 radical (unpaired) electrons.